The fourth-order valence-electron chi connectivity index (χ4n) is 9.87. The SMILES string of the molecule is C=CCC1/C=C(\C)CC(C)CC(OC)C2OC(O)(C(=O)C(=O)N3CCC4CC3C(=O)OC(C4=CC3CCC(O)C(OC)C3)C(C)C(O)CC1=O)C(C)CC2OC. The van der Waals surface area contributed by atoms with E-state index in [9.17, 15) is 34.5 Å². The second-order valence-corrected chi connectivity index (χ2v) is 17.3. The highest BCUT2D eigenvalue weighted by atomic mass is 16.7. The third kappa shape index (κ3) is 9.40. The van der Waals surface area contributed by atoms with Crippen LogP contribution in [0.15, 0.2) is 36.0 Å². The first-order chi connectivity index (χ1) is 26.6. The molecule has 13 nitrogen and oxygen atoms in total. The number of piperidine rings is 1. The number of allylic oxidation sites excluding steroid dienone is 4. The van der Waals surface area contributed by atoms with E-state index in [2.05, 4.69) is 12.7 Å². The number of ketones is 2. The molecule has 0 aromatic rings. The van der Waals surface area contributed by atoms with Gasteiger partial charge in [0.1, 0.15) is 24.0 Å². The summed E-state index contributed by atoms with van der Waals surface area (Å²) in [6.45, 7) is 11.3. The van der Waals surface area contributed by atoms with Gasteiger partial charge in [-0.25, -0.2) is 4.79 Å². The lowest BCUT2D eigenvalue weighted by atomic mass is 9.75. The molecule has 56 heavy (non-hydrogen) atoms. The molecule has 0 radical (unpaired) electrons. The Balaban J connectivity index is 1.58. The molecule has 15 unspecified atom stereocenters. The molecule has 1 saturated carbocycles. The summed E-state index contributed by atoms with van der Waals surface area (Å²) in [5.74, 6) is -7.92. The van der Waals surface area contributed by atoms with Gasteiger partial charge in [0.05, 0.1) is 30.5 Å². The van der Waals surface area contributed by atoms with Crippen molar-refractivity contribution in [2.45, 2.75) is 146 Å². The van der Waals surface area contributed by atoms with Crippen LogP contribution in [0.25, 0.3) is 0 Å². The average Bonchev–Trinajstić information content (AvgIpc) is 3.27. The zero-order chi connectivity index (χ0) is 41.1. The number of aliphatic hydroxyl groups is 3. The van der Waals surface area contributed by atoms with Crippen molar-refractivity contribution in [3.63, 3.8) is 0 Å². The Morgan fingerprint density at radius 3 is 2.25 bits per heavy atom. The first-order valence-electron chi connectivity index (χ1n) is 20.5. The van der Waals surface area contributed by atoms with Crippen molar-refractivity contribution in [3.05, 3.63) is 36.0 Å². The number of aliphatic hydroxyl groups excluding tert-OH is 2. The van der Waals surface area contributed by atoms with Crippen molar-refractivity contribution in [2.75, 3.05) is 27.9 Å². The molecule has 5 rings (SSSR count). The maximum absolute atomic E-state index is 14.3. The van der Waals surface area contributed by atoms with E-state index in [1.165, 1.54) is 19.1 Å². The molecular weight excluding hydrogens is 722 g/mol. The monoisotopic (exact) mass is 787 g/mol. The van der Waals surface area contributed by atoms with E-state index in [4.69, 9.17) is 23.7 Å². The van der Waals surface area contributed by atoms with Gasteiger partial charge >= 0.3 is 5.97 Å². The summed E-state index contributed by atoms with van der Waals surface area (Å²) in [4.78, 5) is 57.8. The number of carbonyl (C=O) groups is 4. The van der Waals surface area contributed by atoms with Crippen molar-refractivity contribution in [1.29, 1.82) is 0 Å². The Labute approximate surface area is 331 Å². The number of Topliss-reactive ketones (excluding diaryl/α,β-unsaturated/α-hetero) is 2. The minimum absolute atomic E-state index is 0.0157. The van der Waals surface area contributed by atoms with Gasteiger partial charge in [-0.2, -0.15) is 0 Å². The highest BCUT2D eigenvalue weighted by molar-refractivity contribution is 6.39. The quantitative estimate of drug-likeness (QED) is 0.202. The van der Waals surface area contributed by atoms with Crippen LogP contribution in [0, 0.1) is 35.5 Å². The van der Waals surface area contributed by atoms with Crippen LogP contribution in [0.3, 0.4) is 0 Å². The lowest BCUT2D eigenvalue weighted by Crippen LogP contribution is -2.64. The summed E-state index contributed by atoms with van der Waals surface area (Å²) >= 11 is 0. The fraction of sp³-hybridized carbons (Fsp3) is 0.767. The number of nitrogens with zero attached hydrogens (tertiary/aromatic N) is 1. The van der Waals surface area contributed by atoms with Crippen LogP contribution in [-0.2, 0) is 42.9 Å². The van der Waals surface area contributed by atoms with Crippen LogP contribution < -0.4 is 0 Å². The number of hydrogen-bond donors (Lipinski definition) is 3. The molecule has 13 heteroatoms. The first-order valence-corrected chi connectivity index (χ1v) is 20.5. The topological polar surface area (TPSA) is 178 Å². The van der Waals surface area contributed by atoms with E-state index < -0.39 is 83.9 Å². The van der Waals surface area contributed by atoms with Crippen LogP contribution in [0.1, 0.15) is 91.9 Å². The summed E-state index contributed by atoms with van der Waals surface area (Å²) in [6.07, 6.45) is 4.37. The minimum atomic E-state index is -2.51. The maximum Gasteiger partial charge on any atom is 0.329 e. The van der Waals surface area contributed by atoms with Crippen molar-refractivity contribution in [1.82, 2.24) is 4.90 Å². The maximum atomic E-state index is 14.3. The van der Waals surface area contributed by atoms with E-state index in [1.807, 2.05) is 19.9 Å². The molecule has 0 aromatic carbocycles. The van der Waals surface area contributed by atoms with E-state index in [1.54, 1.807) is 27.0 Å². The van der Waals surface area contributed by atoms with Gasteiger partial charge in [0.15, 0.2) is 0 Å². The largest absolute Gasteiger partial charge is 0.456 e. The van der Waals surface area contributed by atoms with Crippen LogP contribution in [0.2, 0.25) is 0 Å². The zero-order valence-corrected chi connectivity index (χ0v) is 34.3. The minimum Gasteiger partial charge on any atom is -0.456 e. The van der Waals surface area contributed by atoms with Gasteiger partial charge in [0.2, 0.25) is 5.79 Å². The first kappa shape index (κ1) is 44.3. The number of rotatable bonds is 6. The van der Waals surface area contributed by atoms with Crippen LogP contribution in [-0.4, -0.2) is 126 Å². The zero-order valence-electron chi connectivity index (χ0n) is 34.3. The number of hydrogen-bond acceptors (Lipinski definition) is 12. The molecule has 15 atom stereocenters. The van der Waals surface area contributed by atoms with Gasteiger partial charge < -0.3 is 43.9 Å². The molecule has 1 aliphatic carbocycles. The van der Waals surface area contributed by atoms with Gasteiger partial charge in [-0.1, -0.05) is 44.6 Å². The smallest absolute Gasteiger partial charge is 0.329 e. The summed E-state index contributed by atoms with van der Waals surface area (Å²) in [7, 11) is 4.62. The molecule has 5 aliphatic rings. The highest BCUT2D eigenvalue weighted by Gasteiger charge is 2.57. The van der Waals surface area contributed by atoms with Crippen molar-refractivity contribution in [2.24, 2.45) is 35.5 Å². The summed E-state index contributed by atoms with van der Waals surface area (Å²) in [5.41, 5.74) is 1.76. The second-order valence-electron chi connectivity index (χ2n) is 17.3. The van der Waals surface area contributed by atoms with Gasteiger partial charge in [-0.05, 0) is 88.0 Å². The Kier molecular flexibility index (Phi) is 14.9. The Morgan fingerprint density at radius 2 is 1.59 bits per heavy atom. The van der Waals surface area contributed by atoms with Gasteiger partial charge in [0, 0.05) is 52.0 Å². The normalized spacial score (nSPS) is 43.8. The summed E-state index contributed by atoms with van der Waals surface area (Å²) < 4.78 is 29.8. The number of methoxy groups -OCH3 is 3. The molecule has 4 fully saturated rings. The molecule has 0 aromatic heterocycles. The predicted octanol–water partition coefficient (Wildman–Crippen LogP) is 3.86. The lowest BCUT2D eigenvalue weighted by molar-refractivity contribution is -0.302. The fourth-order valence-corrected chi connectivity index (χ4v) is 9.87. The van der Waals surface area contributed by atoms with E-state index in [-0.39, 0.29) is 55.4 Å². The molecule has 4 aliphatic heterocycles. The number of amides is 1. The molecular formula is C43H65NO12. The Hall–Kier alpha value is -2.78. The third-order valence-corrected chi connectivity index (χ3v) is 13.3. The molecule has 4 heterocycles. The van der Waals surface area contributed by atoms with E-state index in [0.717, 1.165) is 11.1 Å². The van der Waals surface area contributed by atoms with Gasteiger partial charge in [-0.3, -0.25) is 14.4 Å². The second kappa shape index (κ2) is 18.9. The number of esters is 1. The number of carbonyl (C=O) groups excluding carboxylic acids is 4. The van der Waals surface area contributed by atoms with Crippen molar-refractivity contribution < 1.29 is 58.2 Å². The highest BCUT2D eigenvalue weighted by Crippen LogP contribution is 2.43. The van der Waals surface area contributed by atoms with Crippen molar-refractivity contribution in [3.8, 4) is 0 Å². The van der Waals surface area contributed by atoms with Gasteiger partial charge in [-0.15, -0.1) is 6.58 Å². The number of fused-ring (bicyclic) bond motifs is 5. The third-order valence-electron chi connectivity index (χ3n) is 13.3. The summed E-state index contributed by atoms with van der Waals surface area (Å²) in [5, 5.41) is 34.3. The van der Waals surface area contributed by atoms with Crippen LogP contribution in [0.5, 0.6) is 0 Å². The van der Waals surface area contributed by atoms with Crippen LogP contribution >= 0.6 is 0 Å². The van der Waals surface area contributed by atoms with Gasteiger partial charge in [0.25, 0.3) is 11.7 Å². The molecule has 5 bridgehead atoms. The van der Waals surface area contributed by atoms with E-state index >= 15 is 0 Å². The van der Waals surface area contributed by atoms with Crippen LogP contribution in [0.4, 0.5) is 0 Å². The molecule has 3 N–H and O–H groups in total. The Morgan fingerprint density at radius 1 is 0.911 bits per heavy atom. The molecule has 1 amide bonds. The standard InChI is InChI=1S/C43H65NO12/c1-9-10-29-16-23(2)15-24(3)17-36(53-7)39-37(54-8)18-25(4)43(51,56-39)40(48)41(49)44-14-13-28-21-31(44)42(50)55-38(26(5)33(46)22-34(29)47)30(28)19-27-11-12-32(45)35(20-27)52-6/h9,16,19,24-29,31-33,35-39,45-46,51H,1,10-15,17-18,20-22H2,2-8H3/b23-16+,30-19?. The van der Waals surface area contributed by atoms with E-state index in [0.29, 0.717) is 44.9 Å². The molecule has 3 saturated heterocycles. The predicted molar refractivity (Wildman–Crippen MR) is 206 cm³/mol. The van der Waals surface area contributed by atoms with Crippen molar-refractivity contribution >= 4 is 23.4 Å². The average molecular weight is 788 g/mol. The molecule has 314 valence electrons. The lowest BCUT2D eigenvalue weighted by Gasteiger charge is -2.47. The summed E-state index contributed by atoms with van der Waals surface area (Å²) in [6, 6.07) is -1.14. The number of ether oxygens (including phenoxy) is 5. The molecule has 0 spiro atoms. The Bertz CT molecular complexity index is 1510.